The van der Waals surface area contributed by atoms with Crippen molar-refractivity contribution in [3.8, 4) is 17.0 Å². The van der Waals surface area contributed by atoms with E-state index in [0.717, 1.165) is 44.9 Å². The summed E-state index contributed by atoms with van der Waals surface area (Å²) in [6.07, 6.45) is 0. The molecule has 1 aromatic carbocycles. The number of fused-ring (bicyclic) bond motifs is 1. The summed E-state index contributed by atoms with van der Waals surface area (Å²) in [4.78, 5) is 0. The van der Waals surface area contributed by atoms with E-state index in [4.69, 9.17) is 16.2 Å². The minimum Gasteiger partial charge on any atom is -0.496 e. The maximum Gasteiger partial charge on any atom is 0.122 e. The molecular formula is C18H22N4O. The molecule has 120 valence electrons. The molecule has 0 unspecified atom stereocenters. The lowest BCUT2D eigenvalue weighted by molar-refractivity contribution is 0.412. The van der Waals surface area contributed by atoms with Crippen molar-refractivity contribution < 1.29 is 4.74 Å². The topological polar surface area (TPSA) is 78.6 Å². The molecule has 3 rings (SSSR count). The van der Waals surface area contributed by atoms with Crippen LogP contribution in [-0.2, 0) is 0 Å². The van der Waals surface area contributed by atoms with E-state index < -0.39 is 0 Å². The van der Waals surface area contributed by atoms with Crippen molar-refractivity contribution in [3.63, 3.8) is 0 Å². The van der Waals surface area contributed by atoms with Gasteiger partial charge in [0.2, 0.25) is 0 Å². The maximum atomic E-state index is 6.35. The van der Waals surface area contributed by atoms with Gasteiger partial charge in [-0.3, -0.25) is 0 Å². The number of methoxy groups -OCH3 is 1. The number of nitrogens with zero attached hydrogens (tertiary/aromatic N) is 2. The third-order valence-electron chi connectivity index (χ3n) is 4.52. The van der Waals surface area contributed by atoms with Gasteiger partial charge in [-0.2, -0.15) is 5.10 Å². The van der Waals surface area contributed by atoms with Gasteiger partial charge in [0.25, 0.3) is 0 Å². The van der Waals surface area contributed by atoms with Gasteiger partial charge in [0.15, 0.2) is 0 Å². The number of ether oxygens (including phenoxy) is 1. The van der Waals surface area contributed by atoms with Crippen LogP contribution in [-0.4, -0.2) is 16.7 Å². The minimum atomic E-state index is 0.557. The molecule has 3 aromatic rings. The monoisotopic (exact) mass is 310 g/mol. The number of nitrogen functional groups attached to an aromatic ring is 2. The van der Waals surface area contributed by atoms with Crippen LogP contribution in [0.1, 0.15) is 22.4 Å². The first-order valence-electron chi connectivity index (χ1n) is 7.55. The molecule has 5 heteroatoms. The predicted octanol–water partition coefficient (Wildman–Crippen LogP) is 3.41. The van der Waals surface area contributed by atoms with Gasteiger partial charge < -0.3 is 16.2 Å². The molecule has 0 aliphatic heterocycles. The second-order valence-corrected chi connectivity index (χ2v) is 5.97. The van der Waals surface area contributed by atoms with Gasteiger partial charge in [0.05, 0.1) is 35.4 Å². The summed E-state index contributed by atoms with van der Waals surface area (Å²) in [5.41, 5.74) is 20.6. The van der Waals surface area contributed by atoms with Crippen molar-refractivity contribution in [2.24, 2.45) is 0 Å². The summed E-state index contributed by atoms with van der Waals surface area (Å²) < 4.78 is 7.31. The van der Waals surface area contributed by atoms with Crippen molar-refractivity contribution in [2.75, 3.05) is 18.6 Å². The van der Waals surface area contributed by atoms with Crippen LogP contribution >= 0.6 is 0 Å². The molecule has 2 aromatic heterocycles. The minimum absolute atomic E-state index is 0.557. The standard InChI is InChI=1S/C18H22N4O/c1-9-6-7-14(23-5)11(3)15(9)18-17(20)16(19)13-8-10(2)12(4)21-22(13)18/h6-8H,19-20H2,1-5H3. The highest BCUT2D eigenvalue weighted by atomic mass is 16.5. The van der Waals surface area contributed by atoms with Crippen LogP contribution < -0.4 is 16.2 Å². The summed E-state index contributed by atoms with van der Waals surface area (Å²) in [7, 11) is 1.67. The van der Waals surface area contributed by atoms with Crippen LogP contribution in [0.5, 0.6) is 5.75 Å². The zero-order chi connectivity index (χ0) is 16.9. The van der Waals surface area contributed by atoms with Gasteiger partial charge in [-0.15, -0.1) is 0 Å². The number of aromatic nitrogens is 2. The molecule has 0 bridgehead atoms. The van der Waals surface area contributed by atoms with Crippen molar-refractivity contribution in [1.82, 2.24) is 9.61 Å². The van der Waals surface area contributed by atoms with Gasteiger partial charge in [0, 0.05) is 11.1 Å². The van der Waals surface area contributed by atoms with Crippen LogP contribution in [0, 0.1) is 27.7 Å². The Balaban J connectivity index is 2.47. The summed E-state index contributed by atoms with van der Waals surface area (Å²) >= 11 is 0. The Hall–Kier alpha value is -2.69. The van der Waals surface area contributed by atoms with Crippen molar-refractivity contribution in [1.29, 1.82) is 0 Å². The van der Waals surface area contributed by atoms with E-state index in [0.29, 0.717) is 11.4 Å². The molecule has 0 radical (unpaired) electrons. The zero-order valence-electron chi connectivity index (χ0n) is 14.2. The molecular weight excluding hydrogens is 288 g/mol. The van der Waals surface area contributed by atoms with Crippen LogP contribution in [0.15, 0.2) is 18.2 Å². The Morgan fingerprint density at radius 2 is 1.70 bits per heavy atom. The summed E-state index contributed by atoms with van der Waals surface area (Å²) in [6.45, 7) is 8.08. The Kier molecular flexibility index (Phi) is 3.43. The highest BCUT2D eigenvalue weighted by Gasteiger charge is 2.21. The number of hydrogen-bond donors (Lipinski definition) is 2. The number of hydrogen-bond acceptors (Lipinski definition) is 4. The molecule has 4 N–H and O–H groups in total. The van der Waals surface area contributed by atoms with E-state index in [9.17, 15) is 0 Å². The van der Waals surface area contributed by atoms with E-state index >= 15 is 0 Å². The quantitative estimate of drug-likeness (QED) is 0.760. The fourth-order valence-electron chi connectivity index (χ4n) is 3.05. The van der Waals surface area contributed by atoms with Gasteiger partial charge >= 0.3 is 0 Å². The Labute approximate surface area is 135 Å². The molecule has 23 heavy (non-hydrogen) atoms. The van der Waals surface area contributed by atoms with Gasteiger partial charge in [-0.05, 0) is 51.0 Å². The second-order valence-electron chi connectivity index (χ2n) is 5.97. The number of anilines is 2. The smallest absolute Gasteiger partial charge is 0.122 e. The van der Waals surface area contributed by atoms with Crippen LogP contribution in [0.3, 0.4) is 0 Å². The summed E-state index contributed by atoms with van der Waals surface area (Å²) in [6, 6.07) is 6.02. The SMILES string of the molecule is COc1ccc(C)c(-c2c(N)c(N)c3cc(C)c(C)nn23)c1C. The normalized spacial score (nSPS) is 11.2. The first kappa shape index (κ1) is 15.2. The second kappa shape index (κ2) is 5.19. The van der Waals surface area contributed by atoms with Gasteiger partial charge in [-0.1, -0.05) is 6.07 Å². The fourth-order valence-corrected chi connectivity index (χ4v) is 3.05. The van der Waals surface area contributed by atoms with Crippen molar-refractivity contribution in [2.45, 2.75) is 27.7 Å². The highest BCUT2D eigenvalue weighted by molar-refractivity contribution is 5.95. The Bertz CT molecular complexity index is 925. The molecule has 0 fully saturated rings. The third kappa shape index (κ3) is 2.11. The average Bonchev–Trinajstić information content (AvgIpc) is 2.73. The molecule has 0 aliphatic carbocycles. The van der Waals surface area contributed by atoms with Gasteiger partial charge in [0.1, 0.15) is 5.75 Å². The lowest BCUT2D eigenvalue weighted by Crippen LogP contribution is -2.02. The Morgan fingerprint density at radius 3 is 2.35 bits per heavy atom. The van der Waals surface area contributed by atoms with Crippen LogP contribution in [0.2, 0.25) is 0 Å². The molecule has 0 atom stereocenters. The van der Waals surface area contributed by atoms with E-state index in [-0.39, 0.29) is 0 Å². The molecule has 0 aliphatic rings. The van der Waals surface area contributed by atoms with Crippen LogP contribution in [0.4, 0.5) is 11.4 Å². The summed E-state index contributed by atoms with van der Waals surface area (Å²) in [5.74, 6) is 0.822. The third-order valence-corrected chi connectivity index (χ3v) is 4.52. The lowest BCUT2D eigenvalue weighted by atomic mass is 9.98. The largest absolute Gasteiger partial charge is 0.496 e. The molecule has 0 saturated heterocycles. The molecule has 0 saturated carbocycles. The average molecular weight is 310 g/mol. The van der Waals surface area contributed by atoms with E-state index in [1.54, 1.807) is 7.11 Å². The van der Waals surface area contributed by atoms with Crippen LogP contribution in [0.25, 0.3) is 16.8 Å². The summed E-state index contributed by atoms with van der Waals surface area (Å²) in [5, 5.41) is 4.69. The van der Waals surface area contributed by atoms with Crippen molar-refractivity contribution >= 4 is 16.9 Å². The molecule has 2 heterocycles. The maximum absolute atomic E-state index is 6.35. The van der Waals surface area contributed by atoms with E-state index in [1.807, 2.05) is 43.5 Å². The fraction of sp³-hybridized carbons (Fsp3) is 0.278. The van der Waals surface area contributed by atoms with Gasteiger partial charge in [-0.25, -0.2) is 4.52 Å². The number of rotatable bonds is 2. The number of benzene rings is 1. The molecule has 5 nitrogen and oxygen atoms in total. The Morgan fingerprint density at radius 1 is 1.00 bits per heavy atom. The number of aryl methyl sites for hydroxylation is 3. The van der Waals surface area contributed by atoms with E-state index in [2.05, 4.69) is 12.0 Å². The lowest BCUT2D eigenvalue weighted by Gasteiger charge is -2.14. The van der Waals surface area contributed by atoms with Crippen molar-refractivity contribution in [3.05, 3.63) is 40.6 Å². The first-order valence-corrected chi connectivity index (χ1v) is 7.55. The first-order chi connectivity index (χ1) is 10.9. The van der Waals surface area contributed by atoms with E-state index in [1.165, 1.54) is 0 Å². The molecule has 0 spiro atoms. The number of nitrogens with two attached hydrogens (primary N) is 2. The highest BCUT2D eigenvalue weighted by Crippen LogP contribution is 2.41. The predicted molar refractivity (Wildman–Crippen MR) is 95.0 cm³/mol. The molecule has 0 amide bonds. The zero-order valence-corrected chi connectivity index (χ0v) is 14.2.